The first-order valence-corrected chi connectivity index (χ1v) is 7.40. The van der Waals surface area contributed by atoms with Gasteiger partial charge in [0, 0.05) is 32.2 Å². The zero-order chi connectivity index (χ0) is 15.5. The normalized spacial score (nSPS) is 18.0. The topological polar surface area (TPSA) is 82.7 Å². The number of aromatic nitrogens is 4. The van der Waals surface area contributed by atoms with E-state index in [0.29, 0.717) is 11.5 Å². The average Bonchev–Trinajstić information content (AvgIpc) is 2.86. The number of hydrogen-bond acceptors (Lipinski definition) is 6. The Balaban J connectivity index is 1.70. The second-order valence-electron chi connectivity index (χ2n) is 5.60. The van der Waals surface area contributed by atoms with Gasteiger partial charge in [0.15, 0.2) is 5.69 Å². The molecule has 2 aromatic heterocycles. The maximum atomic E-state index is 8.89. The van der Waals surface area contributed by atoms with Crippen LogP contribution in [0.5, 0.6) is 0 Å². The summed E-state index contributed by atoms with van der Waals surface area (Å²) in [7, 11) is 1.97. The molecule has 0 radical (unpaired) electrons. The van der Waals surface area contributed by atoms with Crippen molar-refractivity contribution >= 4 is 11.6 Å². The molecule has 0 aliphatic carbocycles. The van der Waals surface area contributed by atoms with Crippen molar-refractivity contribution in [3.63, 3.8) is 0 Å². The SMILES string of the molecule is Cc1cc(N2CCC[C@H](Nc3cncc(C#N)n3)C2)n(C)n1. The predicted molar refractivity (Wildman–Crippen MR) is 83.5 cm³/mol. The summed E-state index contributed by atoms with van der Waals surface area (Å²) in [6, 6.07) is 4.41. The molecule has 7 heteroatoms. The van der Waals surface area contributed by atoms with E-state index >= 15 is 0 Å². The lowest BCUT2D eigenvalue weighted by atomic mass is 10.1. The van der Waals surface area contributed by atoms with E-state index in [9.17, 15) is 0 Å². The minimum absolute atomic E-state index is 0.284. The van der Waals surface area contributed by atoms with E-state index in [1.165, 1.54) is 6.20 Å². The molecule has 7 nitrogen and oxygen atoms in total. The monoisotopic (exact) mass is 297 g/mol. The molecule has 3 heterocycles. The van der Waals surface area contributed by atoms with Crippen molar-refractivity contribution in [2.45, 2.75) is 25.8 Å². The first-order chi connectivity index (χ1) is 10.7. The van der Waals surface area contributed by atoms with Crippen molar-refractivity contribution in [1.82, 2.24) is 19.7 Å². The molecule has 0 saturated carbocycles. The van der Waals surface area contributed by atoms with Crippen LogP contribution in [-0.2, 0) is 7.05 Å². The highest BCUT2D eigenvalue weighted by Gasteiger charge is 2.22. The molecule has 0 spiro atoms. The van der Waals surface area contributed by atoms with Crippen LogP contribution in [0.2, 0.25) is 0 Å². The lowest BCUT2D eigenvalue weighted by molar-refractivity contribution is 0.517. The highest BCUT2D eigenvalue weighted by Crippen LogP contribution is 2.21. The summed E-state index contributed by atoms with van der Waals surface area (Å²) in [5, 5.41) is 16.7. The van der Waals surface area contributed by atoms with Gasteiger partial charge in [-0.3, -0.25) is 9.67 Å². The second kappa shape index (κ2) is 6.02. The molecule has 0 unspecified atom stereocenters. The first kappa shape index (κ1) is 14.3. The van der Waals surface area contributed by atoms with Crippen LogP contribution in [0.1, 0.15) is 24.2 Å². The Kier molecular flexibility index (Phi) is 3.92. The molecule has 1 saturated heterocycles. The zero-order valence-electron chi connectivity index (χ0n) is 12.8. The van der Waals surface area contributed by atoms with Gasteiger partial charge in [0.1, 0.15) is 17.7 Å². The third-order valence-electron chi connectivity index (χ3n) is 3.82. The molecule has 0 aromatic carbocycles. The van der Waals surface area contributed by atoms with Gasteiger partial charge in [-0.15, -0.1) is 0 Å². The average molecular weight is 297 g/mol. The number of anilines is 2. The highest BCUT2D eigenvalue weighted by molar-refractivity contribution is 5.43. The molecule has 1 N–H and O–H groups in total. The fourth-order valence-corrected chi connectivity index (χ4v) is 2.89. The summed E-state index contributed by atoms with van der Waals surface area (Å²) in [6.45, 7) is 3.92. The lowest BCUT2D eigenvalue weighted by Gasteiger charge is -2.34. The second-order valence-corrected chi connectivity index (χ2v) is 5.60. The molecular formula is C15H19N7. The Morgan fingerprint density at radius 3 is 3.00 bits per heavy atom. The predicted octanol–water partition coefficient (Wildman–Crippen LogP) is 1.47. The van der Waals surface area contributed by atoms with Gasteiger partial charge >= 0.3 is 0 Å². The van der Waals surface area contributed by atoms with Gasteiger partial charge in [0.25, 0.3) is 0 Å². The Labute approximate surface area is 129 Å². The smallest absolute Gasteiger partial charge is 0.161 e. The van der Waals surface area contributed by atoms with Crippen molar-refractivity contribution in [3.8, 4) is 6.07 Å². The van der Waals surface area contributed by atoms with E-state index in [0.717, 1.165) is 37.4 Å². The molecule has 1 aliphatic heterocycles. The number of rotatable bonds is 3. The van der Waals surface area contributed by atoms with Crippen LogP contribution in [-0.4, -0.2) is 38.9 Å². The minimum atomic E-state index is 0.284. The largest absolute Gasteiger partial charge is 0.364 e. The molecule has 0 bridgehead atoms. The third-order valence-corrected chi connectivity index (χ3v) is 3.82. The molecule has 3 rings (SSSR count). The summed E-state index contributed by atoms with van der Waals surface area (Å²) in [5.41, 5.74) is 1.36. The van der Waals surface area contributed by atoms with Gasteiger partial charge in [-0.05, 0) is 19.8 Å². The van der Waals surface area contributed by atoms with Crippen LogP contribution in [0.25, 0.3) is 0 Å². The van der Waals surface area contributed by atoms with Gasteiger partial charge in [0.2, 0.25) is 0 Å². The third kappa shape index (κ3) is 3.01. The fourth-order valence-electron chi connectivity index (χ4n) is 2.89. The Hall–Kier alpha value is -2.62. The quantitative estimate of drug-likeness (QED) is 0.923. The molecular weight excluding hydrogens is 278 g/mol. The molecule has 0 amide bonds. The number of nitrogens with one attached hydrogen (secondary N) is 1. The van der Waals surface area contributed by atoms with E-state index in [2.05, 4.69) is 31.3 Å². The lowest BCUT2D eigenvalue weighted by Crippen LogP contribution is -2.43. The maximum absolute atomic E-state index is 8.89. The minimum Gasteiger partial charge on any atom is -0.364 e. The van der Waals surface area contributed by atoms with Crippen molar-refractivity contribution in [1.29, 1.82) is 5.26 Å². The number of aryl methyl sites for hydroxylation is 2. The van der Waals surface area contributed by atoms with Crippen molar-refractivity contribution < 1.29 is 0 Å². The summed E-state index contributed by atoms with van der Waals surface area (Å²) in [4.78, 5) is 10.6. The van der Waals surface area contributed by atoms with Gasteiger partial charge in [-0.25, -0.2) is 4.98 Å². The van der Waals surface area contributed by atoms with Gasteiger partial charge in [0.05, 0.1) is 18.1 Å². The fraction of sp³-hybridized carbons (Fsp3) is 0.467. The van der Waals surface area contributed by atoms with E-state index in [-0.39, 0.29) is 6.04 Å². The van der Waals surface area contributed by atoms with Crippen molar-refractivity contribution in [3.05, 3.63) is 29.8 Å². The molecule has 114 valence electrons. The van der Waals surface area contributed by atoms with E-state index in [1.807, 2.05) is 24.7 Å². The van der Waals surface area contributed by atoms with Crippen molar-refractivity contribution in [2.24, 2.45) is 7.05 Å². The Morgan fingerprint density at radius 1 is 1.41 bits per heavy atom. The number of hydrogen-bond donors (Lipinski definition) is 1. The number of nitriles is 1. The van der Waals surface area contributed by atoms with Crippen LogP contribution < -0.4 is 10.2 Å². The molecule has 1 atom stereocenters. The van der Waals surface area contributed by atoms with Gasteiger partial charge in [-0.1, -0.05) is 0 Å². The molecule has 1 aliphatic rings. The molecule has 22 heavy (non-hydrogen) atoms. The zero-order valence-corrected chi connectivity index (χ0v) is 12.8. The van der Waals surface area contributed by atoms with Crippen LogP contribution in [0.3, 0.4) is 0 Å². The van der Waals surface area contributed by atoms with Gasteiger partial charge < -0.3 is 10.2 Å². The number of nitrogens with zero attached hydrogens (tertiary/aromatic N) is 6. The summed E-state index contributed by atoms with van der Waals surface area (Å²) in [6.07, 6.45) is 5.31. The van der Waals surface area contributed by atoms with Gasteiger partial charge in [-0.2, -0.15) is 10.4 Å². The van der Waals surface area contributed by atoms with Crippen LogP contribution in [0.4, 0.5) is 11.6 Å². The van der Waals surface area contributed by atoms with Crippen LogP contribution >= 0.6 is 0 Å². The first-order valence-electron chi connectivity index (χ1n) is 7.40. The molecule has 2 aromatic rings. The van der Waals surface area contributed by atoms with Crippen LogP contribution in [0, 0.1) is 18.3 Å². The van der Waals surface area contributed by atoms with Crippen LogP contribution in [0.15, 0.2) is 18.5 Å². The number of piperidine rings is 1. The summed E-state index contributed by atoms with van der Waals surface area (Å²) < 4.78 is 1.92. The highest BCUT2D eigenvalue weighted by atomic mass is 15.4. The maximum Gasteiger partial charge on any atom is 0.161 e. The molecule has 1 fully saturated rings. The summed E-state index contributed by atoms with van der Waals surface area (Å²) >= 11 is 0. The van der Waals surface area contributed by atoms with E-state index in [1.54, 1.807) is 6.20 Å². The van der Waals surface area contributed by atoms with E-state index in [4.69, 9.17) is 5.26 Å². The summed E-state index contributed by atoms with van der Waals surface area (Å²) in [5.74, 6) is 1.80. The Morgan fingerprint density at radius 2 is 2.27 bits per heavy atom. The Bertz CT molecular complexity index is 700. The standard InChI is InChI=1S/C15H19N7/c1-11-6-15(21(2)20-11)22-5-3-4-12(10-22)18-14-9-17-8-13(7-16)19-14/h6,8-9,12H,3-5,10H2,1-2H3,(H,18,19)/t12-/m0/s1. The van der Waals surface area contributed by atoms with Crippen molar-refractivity contribution in [2.75, 3.05) is 23.3 Å². The van der Waals surface area contributed by atoms with E-state index < -0.39 is 0 Å².